The van der Waals surface area contributed by atoms with Crippen molar-refractivity contribution >= 4 is 0 Å². The van der Waals surface area contributed by atoms with Crippen molar-refractivity contribution in [3.63, 3.8) is 0 Å². The molecule has 0 amide bonds. The van der Waals surface area contributed by atoms with Gasteiger partial charge in [0.25, 0.3) is 0 Å². The van der Waals surface area contributed by atoms with Gasteiger partial charge in [-0.25, -0.2) is 0 Å². The number of rotatable bonds is 6. The number of hydrogen-bond acceptors (Lipinski definition) is 3. The summed E-state index contributed by atoms with van der Waals surface area (Å²) in [6.07, 6.45) is 5.09. The Morgan fingerprint density at radius 2 is 1.62 bits per heavy atom. The predicted molar refractivity (Wildman–Crippen MR) is 97.0 cm³/mol. The highest BCUT2D eigenvalue weighted by Crippen LogP contribution is 2.39. The molecule has 0 unspecified atom stereocenters. The largest absolute Gasteiger partial charge is 0.489 e. The normalized spacial score (nSPS) is 18.1. The molecule has 2 aromatic carbocycles. The zero-order valence-electron chi connectivity index (χ0n) is 14.2. The Balaban J connectivity index is 1.66. The molecule has 0 aliphatic heterocycles. The lowest BCUT2D eigenvalue weighted by atomic mass is 9.73. The van der Waals surface area contributed by atoms with Gasteiger partial charge in [-0.05, 0) is 36.1 Å². The zero-order chi connectivity index (χ0) is 16.8. The highest BCUT2D eigenvalue weighted by atomic mass is 16.5. The lowest BCUT2D eigenvalue weighted by Gasteiger charge is -2.39. The molecule has 2 aromatic rings. The fourth-order valence-electron chi connectivity index (χ4n) is 3.72. The minimum Gasteiger partial charge on any atom is -0.489 e. The van der Waals surface area contributed by atoms with Crippen LogP contribution >= 0.6 is 0 Å². The maximum absolute atomic E-state index is 11.0. The zero-order valence-corrected chi connectivity index (χ0v) is 14.2. The van der Waals surface area contributed by atoms with Gasteiger partial charge < -0.3 is 15.6 Å². The lowest BCUT2D eigenvalue weighted by molar-refractivity contribution is -0.0194. The summed E-state index contributed by atoms with van der Waals surface area (Å²) < 4.78 is 5.84. The second kappa shape index (κ2) is 7.82. The van der Waals surface area contributed by atoms with Crippen LogP contribution in [-0.4, -0.2) is 17.3 Å². The van der Waals surface area contributed by atoms with Gasteiger partial charge in [-0.3, -0.25) is 0 Å². The summed E-state index contributed by atoms with van der Waals surface area (Å²) in [5.41, 5.74) is 7.61. The van der Waals surface area contributed by atoms with Crippen LogP contribution < -0.4 is 10.5 Å². The molecule has 128 valence electrons. The number of hydrogen-bond donors (Lipinski definition) is 2. The molecule has 3 rings (SSSR count). The standard InChI is InChI=1S/C21H27NO2/c22-15-20(21(23)13-5-2-6-14-21)18-9-11-19(12-10-18)24-16-17-7-3-1-4-8-17/h1,3-4,7-12,20,23H,2,5-6,13-16,22H2/t20-/m0/s1. The van der Waals surface area contributed by atoms with E-state index in [-0.39, 0.29) is 5.92 Å². The maximum Gasteiger partial charge on any atom is 0.119 e. The van der Waals surface area contributed by atoms with Crippen molar-refractivity contribution in [2.24, 2.45) is 5.73 Å². The van der Waals surface area contributed by atoms with E-state index in [1.807, 2.05) is 42.5 Å². The quantitative estimate of drug-likeness (QED) is 0.844. The van der Waals surface area contributed by atoms with Crippen LogP contribution in [0.4, 0.5) is 0 Å². The molecule has 0 radical (unpaired) electrons. The van der Waals surface area contributed by atoms with Gasteiger partial charge in [0, 0.05) is 12.5 Å². The van der Waals surface area contributed by atoms with Gasteiger partial charge in [0.05, 0.1) is 5.60 Å². The molecule has 0 heterocycles. The van der Waals surface area contributed by atoms with Crippen LogP contribution in [0.25, 0.3) is 0 Å². The van der Waals surface area contributed by atoms with Crippen molar-refractivity contribution in [2.75, 3.05) is 6.54 Å². The average molecular weight is 325 g/mol. The van der Waals surface area contributed by atoms with Crippen molar-refractivity contribution in [1.82, 2.24) is 0 Å². The molecule has 0 saturated heterocycles. The third-order valence-corrected chi connectivity index (χ3v) is 5.13. The highest BCUT2D eigenvalue weighted by Gasteiger charge is 2.37. The molecular weight excluding hydrogens is 298 g/mol. The van der Waals surface area contributed by atoms with Crippen molar-refractivity contribution in [1.29, 1.82) is 0 Å². The molecule has 1 saturated carbocycles. The van der Waals surface area contributed by atoms with Crippen molar-refractivity contribution in [3.8, 4) is 5.75 Å². The minimum atomic E-state index is -0.653. The third kappa shape index (κ3) is 3.97. The molecular formula is C21H27NO2. The predicted octanol–water partition coefficient (Wildman–Crippen LogP) is 4.00. The summed E-state index contributed by atoms with van der Waals surface area (Å²) in [7, 11) is 0. The van der Waals surface area contributed by atoms with Gasteiger partial charge in [0.15, 0.2) is 0 Å². The molecule has 0 aromatic heterocycles. The van der Waals surface area contributed by atoms with Crippen molar-refractivity contribution in [2.45, 2.75) is 50.2 Å². The number of benzene rings is 2. The number of nitrogens with two attached hydrogens (primary N) is 1. The van der Waals surface area contributed by atoms with Crippen molar-refractivity contribution in [3.05, 3.63) is 65.7 Å². The Bertz CT molecular complexity index is 618. The first-order valence-corrected chi connectivity index (χ1v) is 8.90. The van der Waals surface area contributed by atoms with E-state index in [1.54, 1.807) is 0 Å². The summed E-state index contributed by atoms with van der Waals surface area (Å²) >= 11 is 0. The fraction of sp³-hybridized carbons (Fsp3) is 0.429. The molecule has 3 nitrogen and oxygen atoms in total. The Kier molecular flexibility index (Phi) is 5.54. The summed E-state index contributed by atoms with van der Waals surface area (Å²) in [6.45, 7) is 1.03. The van der Waals surface area contributed by atoms with Gasteiger partial charge in [-0.15, -0.1) is 0 Å². The summed E-state index contributed by atoms with van der Waals surface area (Å²) in [5.74, 6) is 0.843. The minimum absolute atomic E-state index is 0.000901. The summed E-state index contributed by atoms with van der Waals surface area (Å²) in [5, 5.41) is 11.0. The molecule has 0 spiro atoms. The summed E-state index contributed by atoms with van der Waals surface area (Å²) in [4.78, 5) is 0. The van der Waals surface area contributed by atoms with Crippen LogP contribution in [0.15, 0.2) is 54.6 Å². The van der Waals surface area contributed by atoms with Gasteiger partial charge in [-0.2, -0.15) is 0 Å². The Morgan fingerprint density at radius 3 is 2.25 bits per heavy atom. The highest BCUT2D eigenvalue weighted by molar-refractivity contribution is 5.32. The smallest absolute Gasteiger partial charge is 0.119 e. The van der Waals surface area contributed by atoms with E-state index in [2.05, 4.69) is 12.1 Å². The van der Waals surface area contributed by atoms with Gasteiger partial charge in [0.2, 0.25) is 0 Å². The SMILES string of the molecule is NC[C@@H](c1ccc(OCc2ccccc2)cc1)C1(O)CCCCC1. The first-order chi connectivity index (χ1) is 11.7. The van der Waals surface area contributed by atoms with E-state index in [9.17, 15) is 5.11 Å². The van der Waals surface area contributed by atoms with Crippen LogP contribution in [0.1, 0.15) is 49.1 Å². The van der Waals surface area contributed by atoms with Crippen molar-refractivity contribution < 1.29 is 9.84 Å². The Hall–Kier alpha value is -1.84. The fourth-order valence-corrected chi connectivity index (χ4v) is 3.72. The molecule has 1 fully saturated rings. The van der Waals surface area contributed by atoms with Crippen LogP contribution in [0.2, 0.25) is 0 Å². The Labute approximate surface area is 144 Å². The third-order valence-electron chi connectivity index (χ3n) is 5.13. The molecule has 1 aliphatic rings. The first-order valence-electron chi connectivity index (χ1n) is 8.90. The lowest BCUT2D eigenvalue weighted by Crippen LogP contribution is -2.41. The molecule has 3 N–H and O–H groups in total. The monoisotopic (exact) mass is 325 g/mol. The second-order valence-corrected chi connectivity index (χ2v) is 6.80. The van der Waals surface area contributed by atoms with Gasteiger partial charge in [-0.1, -0.05) is 61.7 Å². The molecule has 1 atom stereocenters. The molecule has 0 bridgehead atoms. The topological polar surface area (TPSA) is 55.5 Å². The van der Waals surface area contributed by atoms with E-state index in [0.29, 0.717) is 13.2 Å². The first kappa shape index (κ1) is 17.0. The average Bonchev–Trinajstić information content (AvgIpc) is 2.63. The second-order valence-electron chi connectivity index (χ2n) is 6.80. The van der Waals surface area contributed by atoms with Gasteiger partial charge >= 0.3 is 0 Å². The number of ether oxygens (including phenoxy) is 1. The van der Waals surface area contributed by atoms with E-state index in [1.165, 1.54) is 6.42 Å². The molecule has 3 heteroatoms. The molecule has 1 aliphatic carbocycles. The van der Waals surface area contributed by atoms with Crippen LogP contribution in [0, 0.1) is 0 Å². The summed E-state index contributed by atoms with van der Waals surface area (Å²) in [6, 6.07) is 18.2. The van der Waals surface area contributed by atoms with E-state index in [0.717, 1.165) is 42.6 Å². The maximum atomic E-state index is 11.0. The van der Waals surface area contributed by atoms with E-state index < -0.39 is 5.60 Å². The molecule has 24 heavy (non-hydrogen) atoms. The van der Waals surface area contributed by atoms with Gasteiger partial charge in [0.1, 0.15) is 12.4 Å². The van der Waals surface area contributed by atoms with Crippen LogP contribution in [0.5, 0.6) is 5.75 Å². The number of aliphatic hydroxyl groups is 1. The van der Waals surface area contributed by atoms with Crippen LogP contribution in [-0.2, 0) is 6.61 Å². The van der Waals surface area contributed by atoms with E-state index in [4.69, 9.17) is 10.5 Å². The van der Waals surface area contributed by atoms with Crippen LogP contribution in [0.3, 0.4) is 0 Å². The van der Waals surface area contributed by atoms with E-state index >= 15 is 0 Å². The Morgan fingerprint density at radius 1 is 0.958 bits per heavy atom.